The molecule has 2 aliphatic rings. The molecule has 0 amide bonds. The van der Waals surface area contributed by atoms with Crippen LogP contribution < -0.4 is 10.2 Å². The van der Waals surface area contributed by atoms with Gasteiger partial charge in [0.1, 0.15) is 0 Å². The predicted molar refractivity (Wildman–Crippen MR) is 131 cm³/mol. The molecule has 0 saturated heterocycles. The highest BCUT2D eigenvalue weighted by molar-refractivity contribution is 5.93. The number of nitrogens with one attached hydrogen (secondary N) is 1. The van der Waals surface area contributed by atoms with E-state index in [9.17, 15) is 0 Å². The first kappa shape index (κ1) is 20.5. The molecule has 4 rings (SSSR count). The second-order valence-electron chi connectivity index (χ2n) is 8.86. The first-order valence-electron chi connectivity index (χ1n) is 11.3. The smallest absolute Gasteiger partial charge is 0.0491 e. The average Bonchev–Trinajstić information content (AvgIpc) is 2.72. The van der Waals surface area contributed by atoms with E-state index in [2.05, 4.69) is 86.7 Å². The lowest BCUT2D eigenvalue weighted by Crippen LogP contribution is -2.33. The zero-order chi connectivity index (χ0) is 21.3. The largest absolute Gasteiger partial charge is 0.382 e. The van der Waals surface area contributed by atoms with Gasteiger partial charge in [-0.1, -0.05) is 50.8 Å². The van der Waals surface area contributed by atoms with Crippen molar-refractivity contribution in [3.8, 4) is 0 Å². The summed E-state index contributed by atoms with van der Waals surface area (Å²) in [5.41, 5.74) is 10.9. The topological polar surface area (TPSA) is 15.3 Å². The third-order valence-electron chi connectivity index (χ3n) is 6.55. The Bertz CT molecular complexity index is 1010. The second kappa shape index (κ2) is 8.55. The molecule has 0 atom stereocenters. The highest BCUT2D eigenvalue weighted by Crippen LogP contribution is 2.39. The van der Waals surface area contributed by atoms with Gasteiger partial charge in [0.15, 0.2) is 0 Å². The van der Waals surface area contributed by atoms with Crippen LogP contribution >= 0.6 is 0 Å². The van der Waals surface area contributed by atoms with Gasteiger partial charge in [-0.15, -0.1) is 0 Å². The third kappa shape index (κ3) is 3.96. The number of hydrogen-bond acceptors (Lipinski definition) is 2. The molecule has 2 aromatic rings. The van der Waals surface area contributed by atoms with Crippen LogP contribution in [-0.2, 0) is 6.42 Å². The summed E-state index contributed by atoms with van der Waals surface area (Å²) in [4.78, 5) is 2.26. The maximum absolute atomic E-state index is 4.50. The number of hydrogen-bond donors (Lipinski definition) is 1. The number of fused-ring (bicyclic) bond motifs is 1. The van der Waals surface area contributed by atoms with Crippen molar-refractivity contribution in [2.45, 2.75) is 65.3 Å². The van der Waals surface area contributed by atoms with Gasteiger partial charge in [-0.2, -0.15) is 0 Å². The minimum Gasteiger partial charge on any atom is -0.382 e. The number of anilines is 1. The van der Waals surface area contributed by atoms with Gasteiger partial charge in [0, 0.05) is 34.9 Å². The van der Waals surface area contributed by atoms with Gasteiger partial charge in [-0.3, -0.25) is 0 Å². The molecule has 2 nitrogen and oxygen atoms in total. The highest BCUT2D eigenvalue weighted by Gasteiger charge is 2.23. The fourth-order valence-corrected chi connectivity index (χ4v) is 4.34. The summed E-state index contributed by atoms with van der Waals surface area (Å²) in [6, 6.07) is 14.1. The molecule has 0 spiro atoms. The van der Waals surface area contributed by atoms with Crippen molar-refractivity contribution in [1.82, 2.24) is 5.32 Å². The minimum atomic E-state index is 0.586. The maximum Gasteiger partial charge on any atom is 0.0491 e. The van der Waals surface area contributed by atoms with E-state index in [1.807, 2.05) is 0 Å². The number of unbranched alkanes of at least 4 members (excludes halogenated alkanes) is 1. The summed E-state index contributed by atoms with van der Waals surface area (Å²) in [6.07, 6.45) is 9.61. The fraction of sp³-hybridized carbons (Fsp3) is 0.357. The van der Waals surface area contributed by atoms with Crippen LogP contribution in [0, 0.1) is 6.92 Å². The summed E-state index contributed by atoms with van der Waals surface area (Å²) in [7, 11) is 0. The molecule has 156 valence electrons. The predicted octanol–water partition coefficient (Wildman–Crippen LogP) is 7.30. The van der Waals surface area contributed by atoms with Crippen LogP contribution in [0.25, 0.3) is 17.0 Å². The Morgan fingerprint density at radius 2 is 1.90 bits per heavy atom. The molecule has 1 fully saturated rings. The molecule has 2 aromatic carbocycles. The van der Waals surface area contributed by atoms with Gasteiger partial charge < -0.3 is 10.2 Å². The lowest BCUT2D eigenvalue weighted by molar-refractivity contribution is 0.378. The van der Waals surface area contributed by atoms with Crippen molar-refractivity contribution in [2.75, 3.05) is 4.90 Å². The molecule has 1 saturated carbocycles. The van der Waals surface area contributed by atoms with Crippen molar-refractivity contribution in [3.05, 3.63) is 83.6 Å². The number of rotatable bonds is 7. The zero-order valence-electron chi connectivity index (χ0n) is 18.7. The summed E-state index contributed by atoms with van der Waals surface area (Å²) < 4.78 is 0. The molecule has 1 heterocycles. The summed E-state index contributed by atoms with van der Waals surface area (Å²) >= 11 is 0. The SMILES string of the molecule is C=C(NC1CCC1)c1ccc(C)c(N2C=C(C)c3ccc(CCCC)cc3C2=C)c1. The maximum atomic E-state index is 4.50. The molecule has 0 unspecified atom stereocenters. The van der Waals surface area contributed by atoms with Crippen LogP contribution in [-0.4, -0.2) is 6.04 Å². The normalized spacial score (nSPS) is 16.0. The van der Waals surface area contributed by atoms with Crippen molar-refractivity contribution >= 4 is 22.7 Å². The van der Waals surface area contributed by atoms with E-state index >= 15 is 0 Å². The second-order valence-corrected chi connectivity index (χ2v) is 8.86. The number of aryl methyl sites for hydroxylation is 2. The van der Waals surface area contributed by atoms with Crippen LogP contribution in [0.5, 0.6) is 0 Å². The van der Waals surface area contributed by atoms with E-state index in [4.69, 9.17) is 0 Å². The Balaban J connectivity index is 1.66. The first-order valence-corrected chi connectivity index (χ1v) is 11.3. The van der Waals surface area contributed by atoms with E-state index in [0.29, 0.717) is 6.04 Å². The van der Waals surface area contributed by atoms with Crippen molar-refractivity contribution < 1.29 is 0 Å². The molecular formula is C28H34N2. The molecule has 2 heteroatoms. The summed E-state index contributed by atoms with van der Waals surface area (Å²) in [6.45, 7) is 15.4. The van der Waals surface area contributed by atoms with E-state index in [1.54, 1.807) is 0 Å². The fourth-order valence-electron chi connectivity index (χ4n) is 4.34. The molecule has 30 heavy (non-hydrogen) atoms. The Morgan fingerprint density at radius 1 is 1.10 bits per heavy atom. The monoisotopic (exact) mass is 398 g/mol. The summed E-state index contributed by atoms with van der Waals surface area (Å²) in [5, 5.41) is 3.59. The highest BCUT2D eigenvalue weighted by atomic mass is 15.1. The molecule has 1 aliphatic heterocycles. The lowest BCUT2D eigenvalue weighted by atomic mass is 9.91. The number of benzene rings is 2. The van der Waals surface area contributed by atoms with Crippen LogP contribution in [0.4, 0.5) is 5.69 Å². The van der Waals surface area contributed by atoms with Crippen molar-refractivity contribution in [1.29, 1.82) is 0 Å². The molecule has 0 bridgehead atoms. The van der Waals surface area contributed by atoms with E-state index in [1.165, 1.54) is 65.6 Å². The van der Waals surface area contributed by atoms with Crippen LogP contribution in [0.2, 0.25) is 0 Å². The third-order valence-corrected chi connectivity index (χ3v) is 6.55. The van der Waals surface area contributed by atoms with Gasteiger partial charge >= 0.3 is 0 Å². The lowest BCUT2D eigenvalue weighted by Gasteiger charge is -2.32. The van der Waals surface area contributed by atoms with E-state index in [-0.39, 0.29) is 0 Å². The Hall–Kier alpha value is -2.74. The van der Waals surface area contributed by atoms with Crippen molar-refractivity contribution in [2.24, 2.45) is 0 Å². The van der Waals surface area contributed by atoms with Gasteiger partial charge in [0.05, 0.1) is 0 Å². The first-order chi connectivity index (χ1) is 14.5. The zero-order valence-corrected chi connectivity index (χ0v) is 18.7. The Kier molecular flexibility index (Phi) is 5.85. The summed E-state index contributed by atoms with van der Waals surface area (Å²) in [5.74, 6) is 0. The average molecular weight is 399 g/mol. The Morgan fingerprint density at radius 3 is 2.60 bits per heavy atom. The van der Waals surface area contributed by atoms with Gasteiger partial charge in [-0.25, -0.2) is 0 Å². The number of allylic oxidation sites excluding steroid dienone is 1. The molecule has 1 aliphatic carbocycles. The van der Waals surface area contributed by atoms with E-state index < -0.39 is 0 Å². The van der Waals surface area contributed by atoms with Gasteiger partial charge in [0.2, 0.25) is 0 Å². The minimum absolute atomic E-state index is 0.586. The quantitative estimate of drug-likeness (QED) is 0.526. The number of nitrogens with zero attached hydrogens (tertiary/aromatic N) is 1. The molecular weight excluding hydrogens is 364 g/mol. The van der Waals surface area contributed by atoms with Gasteiger partial charge in [-0.05, 0) is 85.9 Å². The van der Waals surface area contributed by atoms with Crippen LogP contribution in [0.15, 0.2) is 55.8 Å². The van der Waals surface area contributed by atoms with Crippen LogP contribution in [0.3, 0.4) is 0 Å². The molecule has 1 N–H and O–H groups in total. The molecule has 0 aromatic heterocycles. The Labute approximate surface area is 182 Å². The van der Waals surface area contributed by atoms with Gasteiger partial charge in [0.25, 0.3) is 0 Å². The van der Waals surface area contributed by atoms with Crippen LogP contribution in [0.1, 0.15) is 73.8 Å². The van der Waals surface area contributed by atoms with Crippen molar-refractivity contribution in [3.63, 3.8) is 0 Å². The van der Waals surface area contributed by atoms with E-state index in [0.717, 1.165) is 23.4 Å². The standard InChI is InChI=1S/C28H34N2/c1-6-7-9-23-13-15-26-20(3)18-30(22(5)27(26)16-23)28-17-24(14-12-19(28)2)21(4)29-25-10-8-11-25/h12-18,25,29H,4-11H2,1-3H3. The molecule has 0 radical (unpaired) electrons.